The number of hydrogen-bond donors (Lipinski definition) is 2. The van der Waals surface area contributed by atoms with Crippen LogP contribution in [0.25, 0.3) is 10.6 Å². The topological polar surface area (TPSA) is 103 Å². The number of aliphatic imine (C=N–C) groups is 2. The highest BCUT2D eigenvalue weighted by molar-refractivity contribution is 8.08. The summed E-state index contributed by atoms with van der Waals surface area (Å²) in [6.07, 6.45) is 10.7. The van der Waals surface area contributed by atoms with E-state index in [1.807, 2.05) is 73.3 Å². The van der Waals surface area contributed by atoms with Crippen LogP contribution in [-0.4, -0.2) is 36.2 Å². The molecule has 2 N–H and O–H groups in total. The molecule has 44 heavy (non-hydrogen) atoms. The van der Waals surface area contributed by atoms with Crippen molar-refractivity contribution in [2.45, 2.75) is 25.7 Å². The van der Waals surface area contributed by atoms with Crippen LogP contribution >= 0.6 is 23.1 Å². The Bertz CT molecular complexity index is 1760. The molecule has 0 radical (unpaired) electrons. The molecule has 0 spiro atoms. The van der Waals surface area contributed by atoms with Crippen LogP contribution in [0.2, 0.25) is 0 Å². The minimum atomic E-state index is -0.398. The van der Waals surface area contributed by atoms with Crippen molar-refractivity contribution in [3.8, 4) is 6.07 Å². The fourth-order valence-corrected chi connectivity index (χ4v) is 6.80. The number of nitriles is 1. The molecule has 2 aromatic carbocycles. The van der Waals surface area contributed by atoms with Gasteiger partial charge in [-0.2, -0.15) is 5.26 Å². The fraction of sp³-hybridized carbons (Fsp3) is 0.171. The van der Waals surface area contributed by atoms with Crippen LogP contribution in [0.1, 0.15) is 49.1 Å². The van der Waals surface area contributed by atoms with Crippen molar-refractivity contribution in [1.82, 2.24) is 4.98 Å². The number of nitrogens with one attached hydrogen (secondary N) is 2. The van der Waals surface area contributed by atoms with Crippen LogP contribution in [0.15, 0.2) is 101 Å². The summed E-state index contributed by atoms with van der Waals surface area (Å²) < 4.78 is 0. The summed E-state index contributed by atoms with van der Waals surface area (Å²) in [5, 5.41) is 16.1. The summed E-state index contributed by atoms with van der Waals surface area (Å²) in [4.78, 5) is 29.6. The molecule has 1 amide bonds. The van der Waals surface area contributed by atoms with Gasteiger partial charge in [0.25, 0.3) is 5.91 Å². The number of hydrogen-bond acceptors (Lipinski definition) is 8. The van der Waals surface area contributed by atoms with Gasteiger partial charge in [0.15, 0.2) is 0 Å². The summed E-state index contributed by atoms with van der Waals surface area (Å²) in [6.45, 7) is 6.04. The lowest BCUT2D eigenvalue weighted by atomic mass is 9.97. The van der Waals surface area contributed by atoms with E-state index in [9.17, 15) is 10.1 Å². The van der Waals surface area contributed by atoms with E-state index < -0.39 is 5.92 Å². The predicted molar refractivity (Wildman–Crippen MR) is 186 cm³/mol. The zero-order chi connectivity index (χ0) is 30.7. The van der Waals surface area contributed by atoms with E-state index in [-0.39, 0.29) is 5.91 Å². The van der Waals surface area contributed by atoms with Crippen LogP contribution < -0.4 is 10.6 Å². The molecule has 0 aliphatic carbocycles. The van der Waals surface area contributed by atoms with E-state index in [0.29, 0.717) is 24.3 Å². The molecule has 2 aromatic heterocycles. The van der Waals surface area contributed by atoms with Gasteiger partial charge in [-0.15, -0.1) is 23.1 Å². The third-order valence-electron chi connectivity index (χ3n) is 6.95. The number of anilines is 2. The van der Waals surface area contributed by atoms with Crippen LogP contribution in [0, 0.1) is 18.3 Å². The Labute approximate surface area is 266 Å². The van der Waals surface area contributed by atoms with Gasteiger partial charge in [-0.1, -0.05) is 42.0 Å². The Hall–Kier alpha value is -4.78. The van der Waals surface area contributed by atoms with E-state index in [0.717, 1.165) is 39.6 Å². The summed E-state index contributed by atoms with van der Waals surface area (Å²) in [6, 6.07) is 23.9. The molecule has 1 aliphatic heterocycles. The van der Waals surface area contributed by atoms with Gasteiger partial charge in [0.05, 0.1) is 23.2 Å². The number of thioether (sulfide) groups is 1. The predicted octanol–water partition coefficient (Wildman–Crippen LogP) is 8.21. The fourth-order valence-electron chi connectivity index (χ4n) is 4.61. The molecule has 9 heteroatoms. The Morgan fingerprint density at radius 3 is 2.73 bits per heavy atom. The first-order chi connectivity index (χ1) is 21.5. The van der Waals surface area contributed by atoms with Gasteiger partial charge in [-0.3, -0.25) is 19.8 Å². The lowest BCUT2D eigenvalue weighted by Crippen LogP contribution is -2.13. The zero-order valence-electron chi connectivity index (χ0n) is 24.4. The molecular formula is C35H32N6OS2. The highest BCUT2D eigenvalue weighted by atomic mass is 32.2. The van der Waals surface area contributed by atoms with Crippen molar-refractivity contribution in [3.63, 3.8) is 0 Å². The standard InChI is InChI=1S/C35H32N6OS2/c1-24-8-10-25(11-9-24)32(37-2)14-15-38-23-40-29-5-3-6-30(19-29)41-35(42)28-17-27(21-39-22-28)26(20-36)18-31-12-13-34(44-31)33-7-4-16-43-33/h3,5-15,17,19,21-22,26,40H,2,4,16,18,23H2,1H3,(H,41,42)/b32-14-,38-15-. The number of aryl methyl sites for hydroxylation is 1. The third kappa shape index (κ3) is 8.19. The molecule has 4 aromatic rings. The maximum atomic E-state index is 13.1. The number of thiophene rings is 1. The van der Waals surface area contributed by atoms with Gasteiger partial charge in [-0.05, 0) is 68.1 Å². The van der Waals surface area contributed by atoms with E-state index in [4.69, 9.17) is 0 Å². The molecule has 220 valence electrons. The Morgan fingerprint density at radius 1 is 1.11 bits per heavy atom. The monoisotopic (exact) mass is 616 g/mol. The van der Waals surface area contributed by atoms with E-state index in [1.54, 1.807) is 29.8 Å². The molecule has 0 saturated heterocycles. The minimum Gasteiger partial charge on any atom is -0.366 e. The van der Waals surface area contributed by atoms with E-state index >= 15 is 0 Å². The largest absolute Gasteiger partial charge is 0.366 e. The highest BCUT2D eigenvalue weighted by Gasteiger charge is 2.18. The number of amides is 1. The molecule has 1 aliphatic rings. The molecule has 1 unspecified atom stereocenters. The second-order valence-corrected chi connectivity index (χ2v) is 12.4. The van der Waals surface area contributed by atoms with Gasteiger partial charge < -0.3 is 10.6 Å². The van der Waals surface area contributed by atoms with E-state index in [2.05, 4.69) is 56.6 Å². The second-order valence-electron chi connectivity index (χ2n) is 10.1. The van der Waals surface area contributed by atoms with Gasteiger partial charge in [0.1, 0.15) is 6.67 Å². The number of pyridine rings is 1. The summed E-state index contributed by atoms with van der Waals surface area (Å²) in [7, 11) is 0. The van der Waals surface area contributed by atoms with Crippen molar-refractivity contribution < 1.29 is 4.79 Å². The molecular weight excluding hydrogens is 585 g/mol. The number of nitrogens with zero attached hydrogens (tertiary/aromatic N) is 4. The maximum absolute atomic E-state index is 13.1. The molecule has 5 rings (SSSR count). The van der Waals surface area contributed by atoms with E-state index in [1.165, 1.54) is 21.5 Å². The molecule has 7 nitrogen and oxygen atoms in total. The van der Waals surface area contributed by atoms with Gasteiger partial charge >= 0.3 is 0 Å². The highest BCUT2D eigenvalue weighted by Crippen LogP contribution is 2.38. The third-order valence-corrected chi connectivity index (χ3v) is 9.35. The quantitative estimate of drug-likeness (QED) is 0.156. The lowest BCUT2D eigenvalue weighted by molar-refractivity contribution is 0.102. The molecule has 1 atom stereocenters. The van der Waals surface area contributed by atoms with Crippen molar-refractivity contribution in [1.29, 1.82) is 5.26 Å². The summed E-state index contributed by atoms with van der Waals surface area (Å²) in [5.41, 5.74) is 5.47. The van der Waals surface area contributed by atoms with Gasteiger partial charge in [-0.25, -0.2) is 0 Å². The first-order valence-corrected chi connectivity index (χ1v) is 16.0. The number of carbonyl (C=O) groups excluding carboxylic acids is 1. The van der Waals surface area contributed by atoms with Gasteiger partial charge in [0.2, 0.25) is 0 Å². The minimum absolute atomic E-state index is 0.291. The van der Waals surface area contributed by atoms with Crippen LogP contribution in [-0.2, 0) is 6.42 Å². The van der Waals surface area contributed by atoms with Crippen molar-refractivity contribution in [2.75, 3.05) is 23.1 Å². The maximum Gasteiger partial charge on any atom is 0.257 e. The van der Waals surface area contributed by atoms with Crippen LogP contribution in [0.4, 0.5) is 11.4 Å². The Morgan fingerprint density at radius 2 is 1.95 bits per heavy atom. The first-order valence-electron chi connectivity index (χ1n) is 14.2. The Balaban J connectivity index is 1.17. The van der Waals surface area contributed by atoms with Crippen molar-refractivity contribution >= 4 is 63.9 Å². The van der Waals surface area contributed by atoms with Crippen LogP contribution in [0.3, 0.4) is 0 Å². The summed E-state index contributed by atoms with van der Waals surface area (Å²) in [5.74, 6) is 0.437. The summed E-state index contributed by atoms with van der Waals surface area (Å²) >= 11 is 3.61. The number of benzene rings is 2. The molecule has 3 heterocycles. The SMILES string of the molecule is C=N/C(=C\C=N/CNc1cccc(NC(=O)c2cncc(C(C#N)Cc3ccc(C4=CCCS4)s3)c2)c1)c1ccc(C)cc1. The number of rotatable bonds is 12. The molecule has 0 bridgehead atoms. The first kappa shape index (κ1) is 30.7. The number of carbonyl (C=O) groups is 1. The average molecular weight is 617 g/mol. The smallest absolute Gasteiger partial charge is 0.257 e. The lowest BCUT2D eigenvalue weighted by Gasteiger charge is -2.11. The van der Waals surface area contributed by atoms with Crippen LogP contribution in [0.5, 0.6) is 0 Å². The average Bonchev–Trinajstić information content (AvgIpc) is 3.75. The number of allylic oxidation sites excluding steroid dienone is 2. The van der Waals surface area contributed by atoms with Gasteiger partial charge in [0, 0.05) is 62.4 Å². The Kier molecular flexibility index (Phi) is 10.5. The molecule has 0 fully saturated rings. The second kappa shape index (κ2) is 15.1. The van der Waals surface area contributed by atoms with Crippen molar-refractivity contribution in [3.05, 3.63) is 123 Å². The zero-order valence-corrected chi connectivity index (χ0v) is 26.0. The normalized spacial score (nSPS) is 13.7. The van der Waals surface area contributed by atoms with Crippen molar-refractivity contribution in [2.24, 2.45) is 9.98 Å². The molecule has 0 saturated carbocycles. The number of aromatic nitrogens is 1.